The van der Waals surface area contributed by atoms with Crippen LogP contribution >= 0.6 is 0 Å². The highest BCUT2D eigenvalue weighted by atomic mass is 16.5. The van der Waals surface area contributed by atoms with Crippen molar-refractivity contribution in [3.63, 3.8) is 0 Å². The van der Waals surface area contributed by atoms with Gasteiger partial charge in [-0.05, 0) is 130 Å². The molecule has 1 saturated heterocycles. The summed E-state index contributed by atoms with van der Waals surface area (Å²) in [6.07, 6.45) is 15.5. The zero-order valence-corrected chi connectivity index (χ0v) is 24.4. The molecule has 212 valence electrons. The van der Waals surface area contributed by atoms with Gasteiger partial charge in [-0.1, -0.05) is 27.2 Å². The van der Waals surface area contributed by atoms with Gasteiger partial charge in [-0.15, -0.1) is 0 Å². The van der Waals surface area contributed by atoms with E-state index < -0.39 is 0 Å². The van der Waals surface area contributed by atoms with Gasteiger partial charge in [-0.3, -0.25) is 4.79 Å². The second-order valence-electron chi connectivity index (χ2n) is 14.4. The van der Waals surface area contributed by atoms with Gasteiger partial charge >= 0.3 is 5.97 Å². The van der Waals surface area contributed by atoms with Crippen molar-refractivity contribution in [2.45, 2.75) is 116 Å². The van der Waals surface area contributed by atoms with Crippen LogP contribution in [0.25, 0.3) is 0 Å². The summed E-state index contributed by atoms with van der Waals surface area (Å²) in [5.74, 6) is 3.59. The molecule has 0 radical (unpaired) electrons. The fraction of sp³-hybridized carbons (Fsp3) is 0.969. The van der Waals surface area contributed by atoms with Gasteiger partial charge in [-0.2, -0.15) is 0 Å². The summed E-state index contributed by atoms with van der Waals surface area (Å²) in [6, 6.07) is 0.631. The number of nitrogens with zero attached hydrogens (tertiary/aromatic N) is 1. The molecule has 0 spiro atoms. The molecular weight excluding hydrogens is 460 g/mol. The number of rotatable bonds is 8. The summed E-state index contributed by atoms with van der Waals surface area (Å²) in [5.41, 5.74) is 0.707. The molecule has 1 heterocycles. The summed E-state index contributed by atoms with van der Waals surface area (Å²) in [7, 11) is 1.50. The number of esters is 1. The smallest absolute Gasteiger partial charge is 0.305 e. The van der Waals surface area contributed by atoms with Crippen LogP contribution < -0.4 is 5.32 Å². The number of aliphatic hydroxyl groups is 1. The number of nitrogens with one attached hydrogen (secondary N) is 1. The minimum atomic E-state index is -0.135. The molecule has 4 aliphatic carbocycles. The highest BCUT2D eigenvalue weighted by Crippen LogP contribution is 2.68. The number of fused-ring (bicyclic) bond motifs is 5. The Hall–Kier alpha value is -0.650. The van der Waals surface area contributed by atoms with Crippen molar-refractivity contribution in [3.8, 4) is 0 Å². The molecule has 0 bridgehead atoms. The molecule has 5 fully saturated rings. The molecule has 5 aliphatic rings. The van der Waals surface area contributed by atoms with E-state index in [1.165, 1.54) is 91.0 Å². The average Bonchev–Trinajstić information content (AvgIpc) is 3.25. The first-order chi connectivity index (χ1) is 17.8. The topological polar surface area (TPSA) is 61.8 Å². The van der Waals surface area contributed by atoms with Gasteiger partial charge in [0.1, 0.15) is 0 Å². The summed E-state index contributed by atoms with van der Waals surface area (Å²) < 4.78 is 4.92. The molecule has 2 N–H and O–H groups in total. The van der Waals surface area contributed by atoms with Gasteiger partial charge in [0.05, 0.1) is 13.2 Å². The van der Waals surface area contributed by atoms with Crippen molar-refractivity contribution >= 4 is 5.97 Å². The average molecular weight is 517 g/mol. The summed E-state index contributed by atoms with van der Waals surface area (Å²) in [5, 5.41) is 15.6. The van der Waals surface area contributed by atoms with Crippen LogP contribution in [0.15, 0.2) is 0 Å². The minimum absolute atomic E-state index is 0.0754. The Bertz CT molecular complexity index is 784. The molecule has 0 amide bonds. The van der Waals surface area contributed by atoms with Crippen LogP contribution in [0.3, 0.4) is 0 Å². The molecule has 1 aliphatic heterocycles. The number of piperidine rings is 1. The van der Waals surface area contributed by atoms with Crippen LogP contribution in [0, 0.1) is 46.3 Å². The zero-order valence-electron chi connectivity index (χ0n) is 24.4. The third-order valence-corrected chi connectivity index (χ3v) is 12.8. The first-order valence-corrected chi connectivity index (χ1v) is 16.0. The van der Waals surface area contributed by atoms with E-state index in [4.69, 9.17) is 4.74 Å². The van der Waals surface area contributed by atoms with Gasteiger partial charge in [0, 0.05) is 25.6 Å². The van der Waals surface area contributed by atoms with E-state index in [0.29, 0.717) is 58.8 Å². The fourth-order valence-corrected chi connectivity index (χ4v) is 10.6. The van der Waals surface area contributed by atoms with Gasteiger partial charge in [-0.25, -0.2) is 0 Å². The van der Waals surface area contributed by atoms with Crippen molar-refractivity contribution in [2.75, 3.05) is 33.3 Å². The Kier molecular flexibility index (Phi) is 8.64. The summed E-state index contributed by atoms with van der Waals surface area (Å²) in [6.45, 7) is 12.4. The van der Waals surface area contributed by atoms with Crippen molar-refractivity contribution in [2.24, 2.45) is 46.3 Å². The maximum Gasteiger partial charge on any atom is 0.305 e. The van der Waals surface area contributed by atoms with Gasteiger partial charge < -0.3 is 20.1 Å². The second kappa shape index (κ2) is 11.5. The Labute approximate surface area is 226 Å². The number of carbonyl (C=O) groups is 1. The lowest BCUT2D eigenvalue weighted by Gasteiger charge is -2.62. The third kappa shape index (κ3) is 5.40. The number of likely N-dealkylation sites (tertiary alicyclic amines) is 1. The molecule has 0 aromatic carbocycles. The number of methoxy groups -OCH3 is 1. The number of carbonyl (C=O) groups excluding carboxylic acids is 1. The maximum absolute atomic E-state index is 11.8. The van der Waals surface area contributed by atoms with E-state index >= 15 is 0 Å². The number of ether oxygens (including phenoxy) is 1. The van der Waals surface area contributed by atoms with E-state index in [9.17, 15) is 9.90 Å². The second-order valence-corrected chi connectivity index (χ2v) is 14.4. The lowest BCUT2D eigenvalue weighted by molar-refractivity contribution is -0.167. The number of hydrogen-bond donors (Lipinski definition) is 2. The normalized spacial score (nSPS) is 44.9. The Balaban J connectivity index is 1.20. The fourth-order valence-electron chi connectivity index (χ4n) is 10.6. The summed E-state index contributed by atoms with van der Waals surface area (Å²) >= 11 is 0. The molecule has 5 rings (SSSR count). The predicted molar refractivity (Wildman–Crippen MR) is 149 cm³/mol. The van der Waals surface area contributed by atoms with Crippen molar-refractivity contribution < 1.29 is 14.6 Å². The van der Waals surface area contributed by atoms with Crippen LogP contribution in [-0.4, -0.2) is 61.4 Å². The number of hydrogen-bond acceptors (Lipinski definition) is 5. The van der Waals surface area contributed by atoms with Crippen molar-refractivity contribution in [1.29, 1.82) is 0 Å². The molecule has 0 aromatic rings. The molecule has 4 saturated carbocycles. The molecule has 5 nitrogen and oxygen atoms in total. The quantitative estimate of drug-likeness (QED) is 0.408. The van der Waals surface area contributed by atoms with E-state index in [1.54, 1.807) is 0 Å². The van der Waals surface area contributed by atoms with Crippen LogP contribution in [0.1, 0.15) is 104 Å². The van der Waals surface area contributed by atoms with Crippen LogP contribution in [0.4, 0.5) is 0 Å². The van der Waals surface area contributed by atoms with Gasteiger partial charge in [0.15, 0.2) is 0 Å². The monoisotopic (exact) mass is 516 g/mol. The standard InChI is InChI=1S/C32H56N2O3/c1-22(8-11-29(36)37-4)25-9-10-26-30-27(13-15-32(25,26)3)31(2)14-12-24(20-23(31)21-28(30)35)33-16-19-34-17-6-5-7-18-34/h22-28,30,33,35H,5-21H2,1-4H3/t22-,23-,24+,25?,26?,27?,28-,30?,31+,32-/m1/s1. The molecule has 0 aromatic heterocycles. The third-order valence-electron chi connectivity index (χ3n) is 12.8. The SMILES string of the molecule is COC(=O)CC[C@@H](C)C1CCC2C3C(CC[C@@]21C)[C@@]1(C)CC[C@H](NCCN2CCCCC2)C[C@@H]1C[C@H]3O. The van der Waals surface area contributed by atoms with Crippen LogP contribution in [0.2, 0.25) is 0 Å². The zero-order chi connectivity index (χ0) is 26.2. The van der Waals surface area contributed by atoms with Crippen molar-refractivity contribution in [1.82, 2.24) is 10.2 Å². The van der Waals surface area contributed by atoms with Gasteiger partial charge in [0.2, 0.25) is 0 Å². The molecule has 10 atom stereocenters. The van der Waals surface area contributed by atoms with E-state index in [1.807, 2.05) is 0 Å². The van der Waals surface area contributed by atoms with E-state index in [-0.39, 0.29) is 12.1 Å². The van der Waals surface area contributed by atoms with E-state index in [2.05, 4.69) is 31.0 Å². The Morgan fingerprint density at radius 3 is 2.51 bits per heavy atom. The lowest BCUT2D eigenvalue weighted by atomic mass is 9.43. The molecule has 5 heteroatoms. The molecular formula is C32H56N2O3. The minimum Gasteiger partial charge on any atom is -0.469 e. The summed E-state index contributed by atoms with van der Waals surface area (Å²) in [4.78, 5) is 14.4. The maximum atomic E-state index is 11.8. The first-order valence-electron chi connectivity index (χ1n) is 16.0. The highest BCUT2D eigenvalue weighted by molar-refractivity contribution is 5.69. The Morgan fingerprint density at radius 2 is 1.76 bits per heavy atom. The molecule has 4 unspecified atom stereocenters. The predicted octanol–water partition coefficient (Wildman–Crippen LogP) is 5.65. The largest absolute Gasteiger partial charge is 0.469 e. The van der Waals surface area contributed by atoms with Crippen molar-refractivity contribution in [3.05, 3.63) is 0 Å². The first kappa shape index (κ1) is 27.9. The highest BCUT2D eigenvalue weighted by Gasteiger charge is 2.62. The van der Waals surface area contributed by atoms with Gasteiger partial charge in [0.25, 0.3) is 0 Å². The van der Waals surface area contributed by atoms with Crippen LogP contribution in [-0.2, 0) is 9.53 Å². The van der Waals surface area contributed by atoms with Crippen LogP contribution in [0.5, 0.6) is 0 Å². The Morgan fingerprint density at radius 1 is 1.03 bits per heavy atom. The number of aliphatic hydroxyl groups excluding tert-OH is 1. The molecule has 37 heavy (non-hydrogen) atoms. The lowest BCUT2D eigenvalue weighted by Crippen LogP contribution is -2.59. The van der Waals surface area contributed by atoms with E-state index in [0.717, 1.165) is 19.4 Å².